The van der Waals surface area contributed by atoms with E-state index in [9.17, 15) is 0 Å². The molecule has 0 saturated carbocycles. The van der Waals surface area contributed by atoms with Crippen molar-refractivity contribution in [1.82, 2.24) is 0 Å². The third kappa shape index (κ3) is 0.697. The minimum Gasteiger partial charge on any atom is -0.238 e. The van der Waals surface area contributed by atoms with Gasteiger partial charge in [0.1, 0.15) is 0 Å². The van der Waals surface area contributed by atoms with Crippen LogP contribution in [-0.2, 0) is 0 Å². The lowest BCUT2D eigenvalue weighted by Gasteiger charge is -2.25. The van der Waals surface area contributed by atoms with Crippen molar-refractivity contribution in [1.29, 1.82) is 0 Å². The van der Waals surface area contributed by atoms with Gasteiger partial charge in [-0.05, 0) is 18.2 Å². The van der Waals surface area contributed by atoms with Crippen LogP contribution in [0.15, 0.2) is 56.4 Å². The van der Waals surface area contributed by atoms with Crippen LogP contribution < -0.4 is 0 Å². The Balaban J connectivity index is 2.28. The molecule has 3 heterocycles. The first-order chi connectivity index (χ1) is 6.42. The topological polar surface area (TPSA) is 49.4 Å². The molecule has 1 spiro atoms. The zero-order chi connectivity index (χ0) is 8.73. The summed E-state index contributed by atoms with van der Waals surface area (Å²) in [6.45, 7) is 0. The van der Waals surface area contributed by atoms with Crippen molar-refractivity contribution in [3.8, 4) is 0 Å². The number of amidine groups is 1. The number of dihydropyridines is 1. The molecule has 0 aliphatic carbocycles. The van der Waals surface area contributed by atoms with E-state index >= 15 is 0 Å². The number of azo groups is 1. The third-order valence-corrected chi connectivity index (χ3v) is 2.26. The van der Waals surface area contributed by atoms with Crippen molar-refractivity contribution >= 4 is 12.1 Å². The van der Waals surface area contributed by atoms with Crippen LogP contribution in [0, 0.1) is 0 Å². The van der Waals surface area contributed by atoms with Crippen LogP contribution >= 0.6 is 0 Å². The highest BCUT2D eigenvalue weighted by Crippen LogP contribution is 2.35. The summed E-state index contributed by atoms with van der Waals surface area (Å²) in [6, 6.07) is 0. The largest absolute Gasteiger partial charge is 0.238 e. The number of rotatable bonds is 0. The van der Waals surface area contributed by atoms with Gasteiger partial charge < -0.3 is 0 Å². The second kappa shape index (κ2) is 2.10. The van der Waals surface area contributed by atoms with E-state index in [0.29, 0.717) is 5.84 Å². The van der Waals surface area contributed by atoms with Gasteiger partial charge in [0.2, 0.25) is 0 Å². The smallest absolute Gasteiger partial charge is 0.186 e. The highest BCUT2D eigenvalue weighted by Gasteiger charge is 2.41. The maximum Gasteiger partial charge on any atom is 0.186 e. The van der Waals surface area contributed by atoms with Crippen molar-refractivity contribution in [2.75, 3.05) is 0 Å². The van der Waals surface area contributed by atoms with Crippen LogP contribution in [0.2, 0.25) is 0 Å². The van der Waals surface area contributed by atoms with E-state index in [1.807, 2.05) is 18.2 Å². The molecular formula is C9H6N4. The summed E-state index contributed by atoms with van der Waals surface area (Å²) in [5.41, 5.74) is 0.523. The molecule has 0 aromatic heterocycles. The molecule has 0 amide bonds. The molecule has 3 rings (SSSR count). The van der Waals surface area contributed by atoms with Gasteiger partial charge in [0.25, 0.3) is 0 Å². The SMILES string of the molecule is C1=CC23N=NC=C2C=CN=C3N=C1. The molecule has 0 bridgehead atoms. The first-order valence-corrected chi connectivity index (χ1v) is 4.01. The van der Waals surface area contributed by atoms with Crippen LogP contribution in [0.1, 0.15) is 0 Å². The Hall–Kier alpha value is -1.84. The molecule has 3 aliphatic heterocycles. The first-order valence-electron chi connectivity index (χ1n) is 4.01. The van der Waals surface area contributed by atoms with Crippen LogP contribution in [0.25, 0.3) is 0 Å². The van der Waals surface area contributed by atoms with Gasteiger partial charge in [0, 0.05) is 18.0 Å². The normalized spacial score (nSPS) is 32.6. The molecule has 0 radical (unpaired) electrons. The van der Waals surface area contributed by atoms with Gasteiger partial charge in [-0.3, -0.25) is 0 Å². The van der Waals surface area contributed by atoms with Crippen LogP contribution in [0.4, 0.5) is 0 Å². The predicted octanol–water partition coefficient (Wildman–Crippen LogP) is 1.64. The Labute approximate surface area is 74.8 Å². The number of nitrogens with zero attached hydrogens (tertiary/aromatic N) is 4. The number of hydrogen-bond donors (Lipinski definition) is 0. The quantitative estimate of drug-likeness (QED) is 0.530. The lowest BCUT2D eigenvalue weighted by molar-refractivity contribution is 0.800. The van der Waals surface area contributed by atoms with E-state index in [-0.39, 0.29) is 0 Å². The molecule has 0 aromatic carbocycles. The van der Waals surface area contributed by atoms with Gasteiger partial charge in [0.15, 0.2) is 11.4 Å². The summed E-state index contributed by atoms with van der Waals surface area (Å²) in [7, 11) is 0. The fraction of sp³-hybridized carbons (Fsp3) is 0.111. The maximum atomic E-state index is 4.18. The molecule has 1 atom stereocenters. The maximum absolute atomic E-state index is 4.18. The second-order valence-electron chi connectivity index (χ2n) is 2.97. The lowest BCUT2D eigenvalue weighted by atomic mass is 9.87. The average molecular weight is 170 g/mol. The van der Waals surface area contributed by atoms with Crippen LogP contribution in [0.3, 0.4) is 0 Å². The molecule has 3 aliphatic rings. The molecule has 1 unspecified atom stereocenters. The van der Waals surface area contributed by atoms with Gasteiger partial charge in [0.05, 0.1) is 6.20 Å². The van der Waals surface area contributed by atoms with Gasteiger partial charge in [-0.15, -0.1) is 0 Å². The molecule has 0 fully saturated rings. The summed E-state index contributed by atoms with van der Waals surface area (Å²) in [5.74, 6) is 0.699. The lowest BCUT2D eigenvalue weighted by Crippen LogP contribution is -2.36. The van der Waals surface area contributed by atoms with E-state index in [4.69, 9.17) is 0 Å². The molecular weight excluding hydrogens is 164 g/mol. The summed E-state index contributed by atoms with van der Waals surface area (Å²) < 4.78 is 0. The molecule has 0 aromatic rings. The van der Waals surface area contributed by atoms with Gasteiger partial charge in [-0.1, -0.05) is 0 Å². The molecule has 0 saturated heterocycles. The third-order valence-electron chi connectivity index (χ3n) is 2.26. The highest BCUT2D eigenvalue weighted by atomic mass is 15.2. The van der Waals surface area contributed by atoms with Crippen LogP contribution in [0.5, 0.6) is 0 Å². The Bertz CT molecular complexity index is 437. The van der Waals surface area contributed by atoms with Gasteiger partial charge in [-0.25, -0.2) is 9.98 Å². The second-order valence-corrected chi connectivity index (χ2v) is 2.97. The summed E-state index contributed by atoms with van der Waals surface area (Å²) in [5, 5.41) is 8.07. The Morgan fingerprint density at radius 2 is 2.31 bits per heavy atom. The van der Waals surface area contributed by atoms with Crippen molar-refractivity contribution in [3.63, 3.8) is 0 Å². The van der Waals surface area contributed by atoms with E-state index in [2.05, 4.69) is 20.2 Å². The van der Waals surface area contributed by atoms with Gasteiger partial charge in [-0.2, -0.15) is 10.2 Å². The summed E-state index contributed by atoms with van der Waals surface area (Å²) >= 11 is 0. The fourth-order valence-electron chi connectivity index (χ4n) is 1.60. The molecule has 13 heavy (non-hydrogen) atoms. The first kappa shape index (κ1) is 6.65. The van der Waals surface area contributed by atoms with Crippen molar-refractivity contribution in [3.05, 3.63) is 36.2 Å². The average Bonchev–Trinajstić information content (AvgIpc) is 2.58. The molecule has 0 N–H and O–H groups in total. The number of aliphatic imine (C=N–C) groups is 2. The summed E-state index contributed by atoms with van der Waals surface area (Å²) in [6.07, 6.45) is 10.9. The van der Waals surface area contributed by atoms with E-state index in [0.717, 1.165) is 5.57 Å². The van der Waals surface area contributed by atoms with Crippen molar-refractivity contribution in [2.24, 2.45) is 20.2 Å². The fourth-order valence-corrected chi connectivity index (χ4v) is 1.60. The zero-order valence-corrected chi connectivity index (χ0v) is 6.75. The Morgan fingerprint density at radius 1 is 1.31 bits per heavy atom. The Kier molecular flexibility index (Phi) is 1.07. The highest BCUT2D eigenvalue weighted by molar-refractivity contribution is 6.07. The molecule has 4 heteroatoms. The number of hydrogen-bond acceptors (Lipinski definition) is 4. The standard InChI is InChI=1S/C9H6N4/c1-3-9-7(6-12-13-9)2-5-11-8(9)10-4-1/h1-6H. The van der Waals surface area contributed by atoms with E-state index in [1.165, 1.54) is 0 Å². The van der Waals surface area contributed by atoms with Crippen LogP contribution in [-0.4, -0.2) is 17.6 Å². The van der Waals surface area contributed by atoms with Crippen molar-refractivity contribution < 1.29 is 0 Å². The molecule has 4 nitrogen and oxygen atoms in total. The monoisotopic (exact) mass is 170 g/mol. The zero-order valence-electron chi connectivity index (χ0n) is 6.75. The minimum absolute atomic E-state index is 0.510. The minimum atomic E-state index is -0.510. The summed E-state index contributed by atoms with van der Waals surface area (Å²) in [4.78, 5) is 8.35. The van der Waals surface area contributed by atoms with E-state index in [1.54, 1.807) is 18.6 Å². The van der Waals surface area contributed by atoms with Crippen molar-refractivity contribution in [2.45, 2.75) is 5.54 Å². The Morgan fingerprint density at radius 3 is 3.31 bits per heavy atom. The van der Waals surface area contributed by atoms with Gasteiger partial charge >= 0.3 is 0 Å². The number of allylic oxidation sites excluding steroid dienone is 1. The predicted molar refractivity (Wildman–Crippen MR) is 49.9 cm³/mol. The van der Waals surface area contributed by atoms with E-state index < -0.39 is 5.54 Å². The molecule has 62 valence electrons.